The third kappa shape index (κ3) is 4.41. The maximum atomic E-state index is 11.9. The molecule has 144 valence electrons. The fourth-order valence-corrected chi connectivity index (χ4v) is 4.25. The topological polar surface area (TPSA) is 49.3 Å². The average Bonchev–Trinajstić information content (AvgIpc) is 2.65. The highest BCUT2D eigenvalue weighted by Gasteiger charge is 2.25. The zero-order valence-electron chi connectivity index (χ0n) is 16.3. The fourth-order valence-electron chi connectivity index (χ4n) is 4.12. The molecule has 1 aromatic carbocycles. The van der Waals surface area contributed by atoms with E-state index in [-0.39, 0.29) is 11.3 Å². The quantitative estimate of drug-likeness (QED) is 0.534. The monoisotopic (exact) mass is 386 g/mol. The Balaban J connectivity index is 1.92. The molecule has 3 rings (SSSR count). The molecule has 2 aromatic rings. The van der Waals surface area contributed by atoms with Gasteiger partial charge in [0.2, 0.25) is 11.7 Å². The second kappa shape index (κ2) is 8.70. The van der Waals surface area contributed by atoms with Gasteiger partial charge in [-0.15, -0.1) is 0 Å². The Morgan fingerprint density at radius 2 is 1.85 bits per heavy atom. The smallest absolute Gasteiger partial charge is 0.224 e. The van der Waals surface area contributed by atoms with Crippen molar-refractivity contribution in [3.8, 4) is 0 Å². The van der Waals surface area contributed by atoms with Gasteiger partial charge in [0.15, 0.2) is 0 Å². The van der Waals surface area contributed by atoms with Crippen LogP contribution in [0.15, 0.2) is 24.4 Å². The van der Waals surface area contributed by atoms with Gasteiger partial charge in [-0.2, -0.15) is 4.98 Å². The van der Waals surface area contributed by atoms with E-state index < -0.39 is 0 Å². The van der Waals surface area contributed by atoms with E-state index in [4.69, 9.17) is 11.6 Å². The van der Waals surface area contributed by atoms with Crippen LogP contribution in [0.3, 0.4) is 0 Å². The van der Waals surface area contributed by atoms with Gasteiger partial charge in [-0.1, -0.05) is 37.5 Å². The number of aromatic nitrogens is 2. The number of para-hydroxylation sites is 1. The summed E-state index contributed by atoms with van der Waals surface area (Å²) in [5.74, 6) is 0.634. The lowest BCUT2D eigenvalue weighted by Crippen LogP contribution is -2.37. The standard InChI is InChI=1S/C21H27ClN4O/c1-15-8-7-9-16(2)19(15)25(3)13-17-12-23-21(22)24-20(17)26(14-27)18-10-5-4-6-11-18/h7-9,12,14,18H,4-6,10-11,13H2,1-3H3. The van der Waals surface area contributed by atoms with Crippen LogP contribution >= 0.6 is 11.6 Å². The summed E-state index contributed by atoms with van der Waals surface area (Å²) in [4.78, 5) is 24.5. The molecule has 1 aliphatic carbocycles. The number of benzene rings is 1. The number of rotatable bonds is 6. The number of hydrogen-bond acceptors (Lipinski definition) is 4. The molecular weight excluding hydrogens is 360 g/mol. The molecule has 5 nitrogen and oxygen atoms in total. The lowest BCUT2D eigenvalue weighted by Gasteiger charge is -2.32. The fraction of sp³-hybridized carbons (Fsp3) is 0.476. The maximum absolute atomic E-state index is 11.9. The minimum absolute atomic E-state index is 0.172. The molecule has 0 radical (unpaired) electrons. The number of nitrogens with zero attached hydrogens (tertiary/aromatic N) is 4. The number of aryl methyl sites for hydroxylation is 2. The number of carbonyl (C=O) groups excluding carboxylic acids is 1. The molecular formula is C21H27ClN4O. The number of halogens is 1. The normalized spacial score (nSPS) is 14.8. The summed E-state index contributed by atoms with van der Waals surface area (Å²) in [5, 5.41) is 0.172. The molecule has 1 fully saturated rings. The molecule has 0 bridgehead atoms. The van der Waals surface area contributed by atoms with Crippen LogP contribution in [0.4, 0.5) is 11.5 Å². The summed E-state index contributed by atoms with van der Waals surface area (Å²) in [6.45, 7) is 4.82. The second-order valence-corrected chi connectivity index (χ2v) is 7.73. The summed E-state index contributed by atoms with van der Waals surface area (Å²) in [6, 6.07) is 6.47. The van der Waals surface area contributed by atoms with Crippen molar-refractivity contribution in [2.75, 3.05) is 16.8 Å². The van der Waals surface area contributed by atoms with Gasteiger partial charge in [-0.3, -0.25) is 9.69 Å². The number of anilines is 2. The first-order valence-electron chi connectivity index (χ1n) is 9.53. The van der Waals surface area contributed by atoms with Crippen LogP contribution in [0.5, 0.6) is 0 Å². The van der Waals surface area contributed by atoms with Crippen LogP contribution in [0.2, 0.25) is 5.28 Å². The summed E-state index contributed by atoms with van der Waals surface area (Å²) in [7, 11) is 2.06. The van der Waals surface area contributed by atoms with E-state index in [1.165, 1.54) is 23.2 Å². The maximum Gasteiger partial charge on any atom is 0.224 e. The number of carbonyl (C=O) groups is 1. The van der Waals surface area contributed by atoms with E-state index in [2.05, 4.69) is 54.0 Å². The van der Waals surface area contributed by atoms with E-state index >= 15 is 0 Å². The molecule has 0 aliphatic heterocycles. The Labute approximate surface area is 166 Å². The van der Waals surface area contributed by atoms with Crippen molar-refractivity contribution in [2.45, 2.75) is 58.5 Å². The number of amides is 1. The number of hydrogen-bond donors (Lipinski definition) is 0. The first-order chi connectivity index (χ1) is 13.0. The highest BCUT2D eigenvalue weighted by molar-refractivity contribution is 6.28. The van der Waals surface area contributed by atoms with Gasteiger partial charge < -0.3 is 4.90 Å². The Morgan fingerprint density at radius 3 is 2.48 bits per heavy atom. The Kier molecular flexibility index (Phi) is 6.32. The van der Waals surface area contributed by atoms with Gasteiger partial charge in [0.05, 0.1) is 0 Å². The highest BCUT2D eigenvalue weighted by Crippen LogP contribution is 2.30. The minimum atomic E-state index is 0.172. The SMILES string of the molecule is Cc1cccc(C)c1N(C)Cc1cnc(Cl)nc1N(C=O)C1CCCCC1. The van der Waals surface area contributed by atoms with E-state index in [0.717, 1.165) is 37.7 Å². The summed E-state index contributed by atoms with van der Waals surface area (Å²) < 4.78 is 0. The van der Waals surface area contributed by atoms with Crippen molar-refractivity contribution >= 4 is 29.5 Å². The van der Waals surface area contributed by atoms with Crippen molar-refractivity contribution in [3.05, 3.63) is 46.4 Å². The van der Waals surface area contributed by atoms with E-state index in [1.54, 1.807) is 11.1 Å². The van der Waals surface area contributed by atoms with Crippen molar-refractivity contribution in [3.63, 3.8) is 0 Å². The molecule has 0 unspecified atom stereocenters. The van der Waals surface area contributed by atoms with Gasteiger partial charge in [0, 0.05) is 37.1 Å². The largest absolute Gasteiger partial charge is 0.370 e. The molecule has 1 heterocycles. The Morgan fingerprint density at radius 1 is 1.19 bits per heavy atom. The second-order valence-electron chi connectivity index (χ2n) is 7.39. The highest BCUT2D eigenvalue weighted by atomic mass is 35.5. The van der Waals surface area contributed by atoms with E-state index in [0.29, 0.717) is 12.4 Å². The minimum Gasteiger partial charge on any atom is -0.370 e. The van der Waals surface area contributed by atoms with Gasteiger partial charge in [0.1, 0.15) is 5.82 Å². The predicted molar refractivity (Wildman–Crippen MR) is 110 cm³/mol. The zero-order chi connectivity index (χ0) is 19.4. The summed E-state index contributed by atoms with van der Waals surface area (Å²) in [5.41, 5.74) is 4.53. The van der Waals surface area contributed by atoms with Crippen molar-refractivity contribution in [1.29, 1.82) is 0 Å². The molecule has 1 aromatic heterocycles. The van der Waals surface area contributed by atoms with Crippen molar-refractivity contribution in [2.24, 2.45) is 0 Å². The molecule has 1 aliphatic rings. The molecule has 0 spiro atoms. The Hall–Kier alpha value is -2.14. The first-order valence-corrected chi connectivity index (χ1v) is 9.91. The lowest BCUT2D eigenvalue weighted by molar-refractivity contribution is -0.108. The molecule has 27 heavy (non-hydrogen) atoms. The van der Waals surface area contributed by atoms with E-state index in [1.807, 2.05) is 0 Å². The van der Waals surface area contributed by atoms with Crippen LogP contribution in [-0.2, 0) is 11.3 Å². The first kappa shape index (κ1) is 19.6. The van der Waals surface area contributed by atoms with Gasteiger partial charge in [-0.25, -0.2) is 4.98 Å². The van der Waals surface area contributed by atoms with Crippen LogP contribution in [0.25, 0.3) is 0 Å². The average molecular weight is 387 g/mol. The molecule has 0 N–H and O–H groups in total. The van der Waals surface area contributed by atoms with Crippen LogP contribution < -0.4 is 9.80 Å². The predicted octanol–water partition coefficient (Wildman–Crippen LogP) is 4.68. The van der Waals surface area contributed by atoms with Crippen LogP contribution in [0.1, 0.15) is 48.8 Å². The van der Waals surface area contributed by atoms with Crippen molar-refractivity contribution < 1.29 is 4.79 Å². The summed E-state index contributed by atoms with van der Waals surface area (Å²) >= 11 is 6.08. The molecule has 6 heteroatoms. The van der Waals surface area contributed by atoms with Gasteiger partial charge >= 0.3 is 0 Å². The Bertz CT molecular complexity index is 785. The van der Waals surface area contributed by atoms with E-state index in [9.17, 15) is 4.79 Å². The van der Waals surface area contributed by atoms with Crippen LogP contribution in [-0.4, -0.2) is 29.5 Å². The van der Waals surface area contributed by atoms with Gasteiger partial charge in [-0.05, 0) is 49.4 Å². The molecule has 1 saturated carbocycles. The molecule has 1 amide bonds. The van der Waals surface area contributed by atoms with Crippen LogP contribution in [0, 0.1) is 13.8 Å². The third-order valence-electron chi connectivity index (χ3n) is 5.37. The lowest BCUT2D eigenvalue weighted by atomic mass is 9.94. The molecule has 0 saturated heterocycles. The zero-order valence-corrected chi connectivity index (χ0v) is 17.0. The van der Waals surface area contributed by atoms with Crippen molar-refractivity contribution in [1.82, 2.24) is 9.97 Å². The summed E-state index contributed by atoms with van der Waals surface area (Å²) in [6.07, 6.45) is 8.18. The molecule has 0 atom stereocenters. The van der Waals surface area contributed by atoms with Gasteiger partial charge in [0.25, 0.3) is 0 Å². The third-order valence-corrected chi connectivity index (χ3v) is 5.55.